The normalized spacial score (nSPS) is 19.9. The van der Waals surface area contributed by atoms with Crippen molar-refractivity contribution >= 4 is 34.7 Å². The van der Waals surface area contributed by atoms with E-state index in [-0.39, 0.29) is 54.0 Å². The fraction of sp³-hybridized carbons (Fsp3) is 0.394. The topological polar surface area (TPSA) is 102 Å². The SMILES string of the molecule is O=C1CC2(CCN(C(=O)COc3ccsc3C(=O)N3CCC4(CC3)CC(=O)c3cc(F)ccc3O4)CC2)Oc2ccc(F)cc21. The Morgan fingerprint density at radius 2 is 1.29 bits per heavy atom. The molecule has 2 fully saturated rings. The van der Waals surface area contributed by atoms with Crippen LogP contribution in [0.2, 0.25) is 0 Å². The first-order valence-electron chi connectivity index (χ1n) is 14.9. The second-order valence-corrected chi connectivity index (χ2v) is 13.0. The van der Waals surface area contributed by atoms with Crippen molar-refractivity contribution in [1.82, 2.24) is 9.80 Å². The minimum atomic E-state index is -0.732. The van der Waals surface area contributed by atoms with Gasteiger partial charge in [0.1, 0.15) is 45.0 Å². The van der Waals surface area contributed by atoms with E-state index in [0.29, 0.717) is 74.0 Å². The molecule has 2 aromatic carbocycles. The van der Waals surface area contributed by atoms with E-state index in [1.54, 1.807) is 21.2 Å². The lowest BCUT2D eigenvalue weighted by Crippen LogP contribution is -2.53. The Bertz CT molecular complexity index is 1710. The quantitative estimate of drug-likeness (QED) is 0.394. The van der Waals surface area contributed by atoms with E-state index >= 15 is 0 Å². The maximum absolute atomic E-state index is 13.6. The molecule has 0 saturated carbocycles. The number of nitrogens with zero attached hydrogens (tertiary/aromatic N) is 2. The van der Waals surface area contributed by atoms with E-state index in [1.807, 2.05) is 0 Å². The minimum absolute atomic E-state index is 0.133. The molecule has 12 heteroatoms. The fourth-order valence-electron chi connectivity index (χ4n) is 6.71. The number of likely N-dealkylation sites (tertiary alicyclic amines) is 2. The van der Waals surface area contributed by atoms with E-state index in [2.05, 4.69) is 0 Å². The molecule has 234 valence electrons. The van der Waals surface area contributed by atoms with E-state index in [1.165, 1.54) is 47.7 Å². The fourth-order valence-corrected chi connectivity index (χ4v) is 7.51. The lowest BCUT2D eigenvalue weighted by Gasteiger charge is -2.44. The number of piperidine rings is 2. The summed E-state index contributed by atoms with van der Waals surface area (Å²) in [5.41, 5.74) is -0.959. The zero-order valence-electron chi connectivity index (χ0n) is 24.3. The molecular formula is C33H30F2N2O7S. The average Bonchev–Trinajstić information content (AvgIpc) is 3.50. The third-order valence-corrected chi connectivity index (χ3v) is 10.1. The largest absolute Gasteiger partial charge is 0.486 e. The molecule has 0 bridgehead atoms. The second kappa shape index (κ2) is 11.2. The summed E-state index contributed by atoms with van der Waals surface area (Å²) in [5.74, 6) is -0.687. The van der Waals surface area contributed by atoms with Crippen molar-refractivity contribution in [3.63, 3.8) is 0 Å². The molecule has 5 heterocycles. The number of thiophene rings is 1. The predicted molar refractivity (Wildman–Crippen MR) is 158 cm³/mol. The van der Waals surface area contributed by atoms with Crippen molar-refractivity contribution in [2.45, 2.75) is 49.7 Å². The van der Waals surface area contributed by atoms with Gasteiger partial charge in [-0.1, -0.05) is 0 Å². The molecule has 2 saturated heterocycles. The average molecular weight is 637 g/mol. The molecular weight excluding hydrogens is 606 g/mol. The van der Waals surface area contributed by atoms with Crippen LogP contribution in [0.25, 0.3) is 0 Å². The maximum atomic E-state index is 13.6. The van der Waals surface area contributed by atoms with E-state index < -0.39 is 22.8 Å². The number of carbonyl (C=O) groups is 4. The third kappa shape index (κ3) is 5.56. The van der Waals surface area contributed by atoms with Gasteiger partial charge in [-0.15, -0.1) is 11.3 Å². The Hall–Kier alpha value is -4.32. The van der Waals surface area contributed by atoms with Crippen molar-refractivity contribution in [3.8, 4) is 17.2 Å². The summed E-state index contributed by atoms with van der Waals surface area (Å²) < 4.78 is 45.4. The molecule has 9 nitrogen and oxygen atoms in total. The standard InChI is InChI=1S/C33H30F2N2O7S/c34-20-1-3-26-22(15-20)24(38)17-32(43-26)6-10-36(11-7-32)29(40)19-42-28-5-14-45-30(28)31(41)37-12-8-33(9-13-37)18-25(39)23-16-21(35)2-4-27(23)44-33/h1-5,14-16H,6-13,17-19H2. The molecule has 7 rings (SSSR count). The van der Waals surface area contributed by atoms with Crippen LogP contribution in [0.15, 0.2) is 47.8 Å². The number of hydrogen-bond acceptors (Lipinski definition) is 8. The number of fused-ring (bicyclic) bond motifs is 2. The molecule has 45 heavy (non-hydrogen) atoms. The summed E-state index contributed by atoms with van der Waals surface area (Å²) in [4.78, 5) is 55.7. The maximum Gasteiger partial charge on any atom is 0.267 e. The summed E-state index contributed by atoms with van der Waals surface area (Å²) >= 11 is 1.23. The van der Waals surface area contributed by atoms with E-state index in [0.717, 1.165) is 0 Å². The number of amides is 2. The predicted octanol–water partition coefficient (Wildman–Crippen LogP) is 5.07. The van der Waals surface area contributed by atoms with Gasteiger partial charge in [-0.25, -0.2) is 8.78 Å². The van der Waals surface area contributed by atoms with Crippen molar-refractivity contribution in [2.75, 3.05) is 32.8 Å². The number of ketones is 2. The Morgan fingerprint density at radius 1 is 0.778 bits per heavy atom. The first-order valence-corrected chi connectivity index (χ1v) is 15.8. The van der Waals surface area contributed by atoms with Crippen molar-refractivity contribution in [2.24, 2.45) is 0 Å². The Balaban J connectivity index is 0.924. The number of rotatable bonds is 4. The number of Topliss-reactive ketones (excluding diaryl/α,β-unsaturated/α-hetero) is 2. The van der Waals surface area contributed by atoms with Crippen LogP contribution in [-0.4, -0.2) is 77.2 Å². The molecule has 4 aliphatic rings. The van der Waals surface area contributed by atoms with Crippen LogP contribution in [-0.2, 0) is 4.79 Å². The molecule has 1 aromatic heterocycles. The van der Waals surface area contributed by atoms with Crippen LogP contribution in [0.5, 0.6) is 17.2 Å². The summed E-state index contributed by atoms with van der Waals surface area (Å²) in [7, 11) is 0. The zero-order valence-corrected chi connectivity index (χ0v) is 25.1. The second-order valence-electron chi connectivity index (χ2n) is 12.1. The zero-order chi connectivity index (χ0) is 31.3. The molecule has 4 aliphatic heterocycles. The van der Waals surface area contributed by atoms with Crippen molar-refractivity contribution in [3.05, 3.63) is 75.5 Å². The Kier molecular flexibility index (Phi) is 7.34. The van der Waals surface area contributed by atoms with Crippen LogP contribution in [0, 0.1) is 11.6 Å². The first kappa shape index (κ1) is 29.4. The smallest absolute Gasteiger partial charge is 0.267 e. The van der Waals surface area contributed by atoms with Crippen LogP contribution < -0.4 is 14.2 Å². The van der Waals surface area contributed by atoms with E-state index in [9.17, 15) is 28.0 Å². The van der Waals surface area contributed by atoms with Gasteiger partial charge in [0.2, 0.25) is 0 Å². The molecule has 0 N–H and O–H groups in total. The van der Waals surface area contributed by atoms with Gasteiger partial charge >= 0.3 is 0 Å². The van der Waals surface area contributed by atoms with Gasteiger partial charge in [-0.3, -0.25) is 19.2 Å². The summed E-state index contributed by atoms with van der Waals surface area (Å²) in [6.07, 6.45) is 2.09. The van der Waals surface area contributed by atoms with Gasteiger partial charge in [0.15, 0.2) is 18.2 Å². The van der Waals surface area contributed by atoms with Crippen LogP contribution >= 0.6 is 11.3 Å². The lowest BCUT2D eigenvalue weighted by molar-refractivity contribution is -0.137. The summed E-state index contributed by atoms with van der Waals surface area (Å²) in [5, 5.41) is 1.74. The highest BCUT2D eigenvalue weighted by Crippen LogP contribution is 2.41. The number of carbonyl (C=O) groups excluding carboxylic acids is 4. The molecule has 2 amide bonds. The highest BCUT2D eigenvalue weighted by atomic mass is 32.1. The van der Waals surface area contributed by atoms with Gasteiger partial charge in [0.05, 0.1) is 24.0 Å². The van der Waals surface area contributed by atoms with Gasteiger partial charge in [0.25, 0.3) is 11.8 Å². The minimum Gasteiger partial charge on any atom is -0.486 e. The van der Waals surface area contributed by atoms with Crippen LogP contribution in [0.3, 0.4) is 0 Å². The number of hydrogen-bond donors (Lipinski definition) is 0. The Morgan fingerprint density at radius 3 is 1.82 bits per heavy atom. The van der Waals surface area contributed by atoms with E-state index in [4.69, 9.17) is 14.2 Å². The summed E-state index contributed by atoms with van der Waals surface area (Å²) in [6.45, 7) is 1.25. The summed E-state index contributed by atoms with van der Waals surface area (Å²) in [6, 6.07) is 9.56. The van der Waals surface area contributed by atoms with Gasteiger partial charge in [0, 0.05) is 51.9 Å². The molecule has 0 atom stereocenters. The Labute approximate surface area is 261 Å². The van der Waals surface area contributed by atoms with Crippen LogP contribution in [0.4, 0.5) is 8.78 Å². The highest BCUT2D eigenvalue weighted by Gasteiger charge is 2.45. The molecule has 3 aromatic rings. The molecule has 0 radical (unpaired) electrons. The number of halogens is 2. The molecule has 0 unspecified atom stereocenters. The first-order chi connectivity index (χ1) is 21.6. The monoisotopic (exact) mass is 636 g/mol. The molecule has 0 aliphatic carbocycles. The highest BCUT2D eigenvalue weighted by molar-refractivity contribution is 7.12. The third-order valence-electron chi connectivity index (χ3n) is 9.27. The van der Waals surface area contributed by atoms with Gasteiger partial charge in [-0.2, -0.15) is 0 Å². The van der Waals surface area contributed by atoms with Crippen LogP contribution in [0.1, 0.15) is 68.9 Å². The number of benzene rings is 2. The van der Waals surface area contributed by atoms with Crippen molar-refractivity contribution < 1.29 is 42.2 Å². The molecule has 2 spiro atoms. The van der Waals surface area contributed by atoms with Gasteiger partial charge < -0.3 is 24.0 Å². The lowest BCUT2D eigenvalue weighted by atomic mass is 9.82. The number of ether oxygens (including phenoxy) is 3. The van der Waals surface area contributed by atoms with Gasteiger partial charge in [-0.05, 0) is 47.8 Å². The van der Waals surface area contributed by atoms with Crippen molar-refractivity contribution in [1.29, 1.82) is 0 Å².